The first-order valence-electron chi connectivity index (χ1n) is 18.9. The monoisotopic (exact) mass is 715 g/mol. The Hall–Kier alpha value is -4.18. The lowest BCUT2D eigenvalue weighted by Crippen LogP contribution is -2.60. The van der Waals surface area contributed by atoms with E-state index in [0.29, 0.717) is 36.4 Å². The van der Waals surface area contributed by atoms with Crippen molar-refractivity contribution in [3.63, 3.8) is 0 Å². The second-order valence-corrected chi connectivity index (χ2v) is 16.1. The molecule has 2 aromatic rings. The average molecular weight is 716 g/mol. The number of amides is 4. The van der Waals surface area contributed by atoms with Gasteiger partial charge in [-0.15, -0.1) is 0 Å². The molecule has 2 aromatic carbocycles. The number of anilines is 1. The molecule has 10 nitrogen and oxygen atoms in total. The van der Waals surface area contributed by atoms with Gasteiger partial charge in [0.2, 0.25) is 23.6 Å². The normalized spacial score (nSPS) is 19.7. The summed E-state index contributed by atoms with van der Waals surface area (Å²) in [6.45, 7) is 17.2. The van der Waals surface area contributed by atoms with Crippen molar-refractivity contribution in [3.8, 4) is 16.9 Å². The summed E-state index contributed by atoms with van der Waals surface area (Å²) in [6, 6.07) is 13.7. The molecule has 0 bridgehead atoms. The molecule has 10 heteroatoms. The van der Waals surface area contributed by atoms with Gasteiger partial charge < -0.3 is 25.2 Å². The van der Waals surface area contributed by atoms with Crippen molar-refractivity contribution < 1.29 is 23.9 Å². The predicted octanol–water partition coefficient (Wildman–Crippen LogP) is 6.51. The second-order valence-electron chi connectivity index (χ2n) is 16.1. The number of likely N-dealkylation sites (tertiary alicyclic amines) is 2. The van der Waals surface area contributed by atoms with Crippen molar-refractivity contribution in [3.05, 3.63) is 60.2 Å². The summed E-state index contributed by atoms with van der Waals surface area (Å²) in [5, 5.41) is 6.18. The van der Waals surface area contributed by atoms with Crippen LogP contribution in [0.25, 0.3) is 11.1 Å². The number of likely N-dealkylation sites (N-methyl/N-ethyl adjacent to an activating group) is 1. The van der Waals surface area contributed by atoms with Gasteiger partial charge in [0, 0.05) is 25.2 Å². The van der Waals surface area contributed by atoms with Crippen LogP contribution in [0.2, 0.25) is 0 Å². The van der Waals surface area contributed by atoms with E-state index >= 15 is 0 Å². The molecule has 2 aliphatic heterocycles. The molecule has 0 aliphatic carbocycles. The molecule has 1 unspecified atom stereocenters. The van der Waals surface area contributed by atoms with Crippen molar-refractivity contribution in [2.45, 2.75) is 118 Å². The van der Waals surface area contributed by atoms with Crippen LogP contribution in [0, 0.1) is 11.3 Å². The molecule has 0 spiro atoms. The average Bonchev–Trinajstić information content (AvgIpc) is 3.62. The molecule has 0 saturated carbocycles. The minimum absolute atomic E-state index is 0.0233. The number of methoxy groups -OCH3 is 1. The largest absolute Gasteiger partial charge is 0.495 e. The van der Waals surface area contributed by atoms with E-state index in [2.05, 4.69) is 29.4 Å². The number of ether oxygens (including phenoxy) is 1. The maximum atomic E-state index is 14.3. The zero-order chi connectivity index (χ0) is 38.3. The van der Waals surface area contributed by atoms with Gasteiger partial charge in [0.05, 0.1) is 24.9 Å². The number of rotatable bonds is 12. The van der Waals surface area contributed by atoms with Gasteiger partial charge in [0.25, 0.3) is 0 Å². The number of carbonyl (C=O) groups is 4. The SMILES string of the molecule is COc1ccc(-c2ccccc2)cc1NC(=O)[C@@H]1CCCN1C(=O)/C(C)=C/[C@H](C(C)C)N(C)C(=O)[C@@H](NC(=O)C1CCCCN1C(C)C)C(C)(C)C. The third-order valence-corrected chi connectivity index (χ3v) is 10.5. The van der Waals surface area contributed by atoms with E-state index in [4.69, 9.17) is 4.74 Å². The molecular formula is C42H61N5O5. The molecule has 4 rings (SSSR count). The lowest BCUT2D eigenvalue weighted by molar-refractivity contribution is -0.142. The standard InChI is InChI=1S/C42H61N5O5/c1-27(2)35(45(9)41(51)37(42(6,7)8)44-39(49)33-19-14-15-23-46(33)28(3)4)25-29(5)40(50)47-24-16-20-34(47)38(48)43-32-26-31(21-22-36(32)52-10)30-17-12-11-13-18-30/h11-13,17-18,21-22,25-28,33-35,37H,14-16,19-20,23-24H2,1-10H3,(H,43,48)(H,44,49)/b29-25+/t33?,34-,35+,37+/m0/s1. The molecule has 284 valence electrons. The zero-order valence-electron chi connectivity index (χ0n) is 33.0. The van der Waals surface area contributed by atoms with Crippen molar-refractivity contribution >= 4 is 29.3 Å². The molecule has 2 N–H and O–H groups in total. The van der Waals surface area contributed by atoms with Crippen LogP contribution < -0.4 is 15.4 Å². The summed E-state index contributed by atoms with van der Waals surface area (Å²) in [5.74, 6) is -0.305. The van der Waals surface area contributed by atoms with Gasteiger partial charge in [-0.2, -0.15) is 0 Å². The topological polar surface area (TPSA) is 111 Å². The van der Waals surface area contributed by atoms with Crippen molar-refractivity contribution in [2.75, 3.05) is 32.6 Å². The number of piperidine rings is 1. The summed E-state index contributed by atoms with van der Waals surface area (Å²) < 4.78 is 5.56. The van der Waals surface area contributed by atoms with Crippen LogP contribution in [0.3, 0.4) is 0 Å². The van der Waals surface area contributed by atoms with Crippen LogP contribution in [0.1, 0.15) is 87.5 Å². The maximum absolute atomic E-state index is 14.3. The highest BCUT2D eigenvalue weighted by Gasteiger charge is 2.40. The maximum Gasteiger partial charge on any atom is 0.249 e. The van der Waals surface area contributed by atoms with Crippen LogP contribution >= 0.6 is 0 Å². The minimum atomic E-state index is -0.754. The van der Waals surface area contributed by atoms with E-state index in [0.717, 1.165) is 36.9 Å². The molecule has 2 saturated heterocycles. The number of carbonyl (C=O) groups excluding carboxylic acids is 4. The smallest absolute Gasteiger partial charge is 0.249 e. The van der Waals surface area contributed by atoms with E-state index in [1.165, 1.54) is 0 Å². The van der Waals surface area contributed by atoms with E-state index < -0.39 is 23.5 Å². The lowest BCUT2D eigenvalue weighted by Gasteiger charge is -2.41. The Morgan fingerprint density at radius 1 is 0.885 bits per heavy atom. The zero-order valence-corrected chi connectivity index (χ0v) is 33.0. The van der Waals surface area contributed by atoms with E-state index in [1.807, 2.05) is 89.2 Å². The Bertz CT molecular complexity index is 1600. The summed E-state index contributed by atoms with van der Waals surface area (Å²) in [5.41, 5.74) is 2.41. The molecule has 2 aliphatic rings. The molecule has 2 fully saturated rings. The number of nitrogens with one attached hydrogen (secondary N) is 2. The summed E-state index contributed by atoms with van der Waals surface area (Å²) in [7, 11) is 3.31. The number of benzene rings is 2. The van der Waals surface area contributed by atoms with Gasteiger partial charge in [0.1, 0.15) is 17.8 Å². The van der Waals surface area contributed by atoms with Crippen LogP contribution in [-0.4, -0.2) is 95.8 Å². The molecular weight excluding hydrogens is 654 g/mol. The number of hydrogen-bond acceptors (Lipinski definition) is 6. The fourth-order valence-corrected chi connectivity index (χ4v) is 7.51. The fraction of sp³-hybridized carbons (Fsp3) is 0.571. The van der Waals surface area contributed by atoms with Crippen LogP contribution in [0.5, 0.6) is 5.75 Å². The molecule has 4 amide bonds. The van der Waals surface area contributed by atoms with Crippen LogP contribution in [0.15, 0.2) is 60.2 Å². The Morgan fingerprint density at radius 2 is 1.56 bits per heavy atom. The van der Waals surface area contributed by atoms with E-state index in [1.54, 1.807) is 30.9 Å². The van der Waals surface area contributed by atoms with E-state index in [-0.39, 0.29) is 41.6 Å². The highest BCUT2D eigenvalue weighted by Crippen LogP contribution is 2.32. The first-order valence-corrected chi connectivity index (χ1v) is 18.9. The quantitative estimate of drug-likeness (QED) is 0.243. The Labute approximate surface area is 311 Å². The van der Waals surface area contributed by atoms with Crippen LogP contribution in [0.4, 0.5) is 5.69 Å². The second kappa shape index (κ2) is 17.6. The van der Waals surface area contributed by atoms with Gasteiger partial charge in [-0.1, -0.05) is 83.5 Å². The first-order chi connectivity index (χ1) is 24.5. The van der Waals surface area contributed by atoms with Gasteiger partial charge >= 0.3 is 0 Å². The molecule has 2 heterocycles. The highest BCUT2D eigenvalue weighted by atomic mass is 16.5. The van der Waals surface area contributed by atoms with Crippen LogP contribution in [-0.2, 0) is 19.2 Å². The van der Waals surface area contributed by atoms with Crippen molar-refractivity contribution in [2.24, 2.45) is 11.3 Å². The Morgan fingerprint density at radius 3 is 2.17 bits per heavy atom. The Balaban J connectivity index is 1.51. The third-order valence-electron chi connectivity index (χ3n) is 10.5. The van der Waals surface area contributed by atoms with Gasteiger partial charge in [-0.3, -0.25) is 24.1 Å². The minimum Gasteiger partial charge on any atom is -0.495 e. The first kappa shape index (κ1) is 40.6. The fourth-order valence-electron chi connectivity index (χ4n) is 7.51. The third kappa shape index (κ3) is 9.62. The summed E-state index contributed by atoms with van der Waals surface area (Å²) in [4.78, 5) is 61.3. The number of hydrogen-bond donors (Lipinski definition) is 2. The Kier molecular flexibility index (Phi) is 13.7. The summed E-state index contributed by atoms with van der Waals surface area (Å²) >= 11 is 0. The molecule has 4 atom stereocenters. The van der Waals surface area contributed by atoms with Gasteiger partial charge in [0.15, 0.2) is 0 Å². The highest BCUT2D eigenvalue weighted by molar-refractivity contribution is 6.02. The molecule has 52 heavy (non-hydrogen) atoms. The predicted molar refractivity (Wildman–Crippen MR) is 208 cm³/mol. The van der Waals surface area contributed by atoms with Gasteiger partial charge in [-0.05, 0) is 87.6 Å². The van der Waals surface area contributed by atoms with Crippen molar-refractivity contribution in [1.82, 2.24) is 20.0 Å². The van der Waals surface area contributed by atoms with Gasteiger partial charge in [-0.25, -0.2) is 0 Å². The molecule has 0 radical (unpaired) electrons. The summed E-state index contributed by atoms with van der Waals surface area (Å²) in [6.07, 6.45) is 5.90. The number of nitrogens with zero attached hydrogens (tertiary/aromatic N) is 3. The van der Waals surface area contributed by atoms with E-state index in [9.17, 15) is 19.2 Å². The van der Waals surface area contributed by atoms with Crippen molar-refractivity contribution in [1.29, 1.82) is 0 Å². The molecule has 0 aromatic heterocycles. The lowest BCUT2D eigenvalue weighted by atomic mass is 9.84.